The van der Waals surface area contributed by atoms with E-state index in [9.17, 15) is 5.26 Å². The maximum atomic E-state index is 9.25. The molecule has 1 N–H and O–H groups in total. The van der Waals surface area contributed by atoms with Gasteiger partial charge < -0.3 is 24.8 Å². The van der Waals surface area contributed by atoms with Crippen LogP contribution in [0.15, 0.2) is 36.7 Å². The fourth-order valence-electron chi connectivity index (χ4n) is 5.90. The average molecular weight is 499 g/mol. The molecular formula is C28H34N8O. The molecule has 2 atom stereocenters. The molecule has 0 aliphatic carbocycles. The highest BCUT2D eigenvalue weighted by Crippen LogP contribution is 2.34. The van der Waals surface area contributed by atoms with Crippen molar-refractivity contribution in [2.24, 2.45) is 0 Å². The van der Waals surface area contributed by atoms with E-state index in [1.165, 1.54) is 17.4 Å². The molecule has 1 unspecified atom stereocenters. The SMILES string of the molecule is CN1CCC[C@H]1COc1nc2c(c(N3CCNC(CC#N)C3)n1)CCN(c1cncc3ccccc13)C2. The number of ether oxygens (including phenoxy) is 1. The van der Waals surface area contributed by atoms with Crippen molar-refractivity contribution in [2.45, 2.75) is 44.3 Å². The van der Waals surface area contributed by atoms with Crippen molar-refractivity contribution >= 4 is 22.3 Å². The zero-order chi connectivity index (χ0) is 25.2. The number of pyridine rings is 1. The van der Waals surface area contributed by atoms with Gasteiger partial charge in [0.25, 0.3) is 0 Å². The second kappa shape index (κ2) is 10.5. The monoisotopic (exact) mass is 498 g/mol. The number of fused-ring (bicyclic) bond motifs is 2. The molecule has 2 aromatic heterocycles. The van der Waals surface area contributed by atoms with Crippen LogP contribution >= 0.6 is 0 Å². The number of likely N-dealkylation sites (N-methyl/N-ethyl adjacent to an activating group) is 1. The van der Waals surface area contributed by atoms with Gasteiger partial charge in [-0.25, -0.2) is 0 Å². The summed E-state index contributed by atoms with van der Waals surface area (Å²) in [5, 5.41) is 15.1. The molecule has 192 valence electrons. The Hall–Kier alpha value is -3.48. The predicted molar refractivity (Wildman–Crippen MR) is 144 cm³/mol. The first-order chi connectivity index (χ1) is 18.2. The van der Waals surface area contributed by atoms with Crippen molar-refractivity contribution in [3.05, 3.63) is 47.9 Å². The number of aromatic nitrogens is 3. The minimum Gasteiger partial charge on any atom is -0.462 e. The van der Waals surface area contributed by atoms with Gasteiger partial charge in [-0.1, -0.05) is 24.3 Å². The first-order valence-corrected chi connectivity index (χ1v) is 13.4. The Morgan fingerprint density at radius 1 is 1.14 bits per heavy atom. The molecule has 3 aliphatic heterocycles. The Balaban J connectivity index is 1.32. The summed E-state index contributed by atoms with van der Waals surface area (Å²) in [5.41, 5.74) is 3.36. The van der Waals surface area contributed by atoms with Crippen molar-refractivity contribution in [2.75, 3.05) is 56.2 Å². The number of nitrogens with one attached hydrogen (secondary N) is 1. The number of anilines is 2. The molecule has 0 spiro atoms. The molecule has 2 saturated heterocycles. The van der Waals surface area contributed by atoms with Crippen molar-refractivity contribution in [1.82, 2.24) is 25.2 Å². The average Bonchev–Trinajstić information content (AvgIpc) is 3.35. The van der Waals surface area contributed by atoms with Gasteiger partial charge in [-0.3, -0.25) is 4.98 Å². The number of benzene rings is 1. The fraction of sp³-hybridized carbons (Fsp3) is 0.500. The van der Waals surface area contributed by atoms with E-state index in [2.05, 4.69) is 62.4 Å². The van der Waals surface area contributed by atoms with Gasteiger partial charge in [-0.2, -0.15) is 15.2 Å². The van der Waals surface area contributed by atoms with Crippen LogP contribution in [0.4, 0.5) is 11.5 Å². The minimum absolute atomic E-state index is 0.141. The van der Waals surface area contributed by atoms with Gasteiger partial charge >= 0.3 is 6.01 Å². The van der Waals surface area contributed by atoms with E-state index in [-0.39, 0.29) is 6.04 Å². The van der Waals surface area contributed by atoms with Crippen LogP contribution in [-0.2, 0) is 13.0 Å². The van der Waals surface area contributed by atoms with E-state index in [0.29, 0.717) is 31.6 Å². The third-order valence-corrected chi connectivity index (χ3v) is 7.98. The van der Waals surface area contributed by atoms with Crippen LogP contribution in [0.25, 0.3) is 10.8 Å². The highest BCUT2D eigenvalue weighted by molar-refractivity contribution is 5.93. The van der Waals surface area contributed by atoms with E-state index in [1.54, 1.807) is 0 Å². The summed E-state index contributed by atoms with van der Waals surface area (Å²) < 4.78 is 6.25. The summed E-state index contributed by atoms with van der Waals surface area (Å²) in [6.45, 7) is 5.73. The third-order valence-electron chi connectivity index (χ3n) is 7.98. The van der Waals surface area contributed by atoms with Gasteiger partial charge in [-0.05, 0) is 32.9 Å². The Bertz CT molecular complexity index is 1300. The van der Waals surface area contributed by atoms with Crippen LogP contribution in [0.3, 0.4) is 0 Å². The first kappa shape index (κ1) is 23.9. The van der Waals surface area contributed by atoms with E-state index < -0.39 is 0 Å². The minimum atomic E-state index is 0.141. The number of nitriles is 1. The second-order valence-corrected chi connectivity index (χ2v) is 10.4. The summed E-state index contributed by atoms with van der Waals surface area (Å²) in [6.07, 6.45) is 7.58. The van der Waals surface area contributed by atoms with Crippen molar-refractivity contribution in [3.8, 4) is 12.1 Å². The molecule has 0 radical (unpaired) electrons. The zero-order valence-corrected chi connectivity index (χ0v) is 21.4. The van der Waals surface area contributed by atoms with Gasteiger partial charge in [0.1, 0.15) is 12.4 Å². The van der Waals surface area contributed by atoms with Crippen LogP contribution < -0.4 is 19.9 Å². The van der Waals surface area contributed by atoms with Crippen LogP contribution in [0, 0.1) is 11.3 Å². The highest BCUT2D eigenvalue weighted by atomic mass is 16.5. The van der Waals surface area contributed by atoms with Gasteiger partial charge in [0.05, 0.1) is 36.6 Å². The topological polar surface area (TPSA) is 93.4 Å². The molecule has 9 heteroatoms. The smallest absolute Gasteiger partial charge is 0.318 e. The van der Waals surface area contributed by atoms with Gasteiger partial charge in [0.15, 0.2) is 0 Å². The Morgan fingerprint density at radius 3 is 2.92 bits per heavy atom. The molecule has 3 aliphatic rings. The molecule has 0 bridgehead atoms. The van der Waals surface area contributed by atoms with Crippen LogP contribution in [0.2, 0.25) is 0 Å². The number of rotatable bonds is 6. The van der Waals surface area contributed by atoms with Gasteiger partial charge in [-0.15, -0.1) is 0 Å². The van der Waals surface area contributed by atoms with Crippen molar-refractivity contribution in [3.63, 3.8) is 0 Å². The van der Waals surface area contributed by atoms with E-state index in [0.717, 1.165) is 68.2 Å². The summed E-state index contributed by atoms with van der Waals surface area (Å²) in [6, 6.07) is 11.7. The van der Waals surface area contributed by atoms with Crippen LogP contribution in [-0.4, -0.2) is 78.3 Å². The Labute approximate surface area is 218 Å². The molecule has 0 saturated carbocycles. The third kappa shape index (κ3) is 4.91. The largest absolute Gasteiger partial charge is 0.462 e. The normalized spacial score (nSPS) is 22.2. The number of hydrogen-bond donors (Lipinski definition) is 1. The van der Waals surface area contributed by atoms with Crippen LogP contribution in [0.5, 0.6) is 6.01 Å². The number of nitrogens with zero attached hydrogens (tertiary/aromatic N) is 7. The molecular weight excluding hydrogens is 464 g/mol. The molecule has 6 rings (SSSR count). The Kier molecular flexibility index (Phi) is 6.77. The van der Waals surface area contributed by atoms with E-state index >= 15 is 0 Å². The maximum Gasteiger partial charge on any atom is 0.318 e. The number of hydrogen-bond acceptors (Lipinski definition) is 9. The number of piperazine rings is 1. The zero-order valence-electron chi connectivity index (χ0n) is 21.4. The lowest BCUT2D eigenvalue weighted by atomic mass is 10.0. The number of likely N-dealkylation sites (tertiary alicyclic amines) is 1. The predicted octanol–water partition coefficient (Wildman–Crippen LogP) is 2.75. The highest BCUT2D eigenvalue weighted by Gasteiger charge is 2.30. The quantitative estimate of drug-likeness (QED) is 0.551. The molecule has 3 aromatic rings. The van der Waals surface area contributed by atoms with Crippen molar-refractivity contribution < 1.29 is 4.74 Å². The van der Waals surface area contributed by atoms with Crippen LogP contribution in [0.1, 0.15) is 30.5 Å². The fourth-order valence-corrected chi connectivity index (χ4v) is 5.90. The van der Waals surface area contributed by atoms with E-state index in [1.807, 2.05) is 12.4 Å². The lowest BCUT2D eigenvalue weighted by Crippen LogP contribution is -2.51. The second-order valence-electron chi connectivity index (χ2n) is 10.4. The van der Waals surface area contributed by atoms with E-state index in [4.69, 9.17) is 14.7 Å². The molecule has 2 fully saturated rings. The summed E-state index contributed by atoms with van der Waals surface area (Å²) in [5.74, 6) is 0.972. The first-order valence-electron chi connectivity index (χ1n) is 13.4. The molecule has 5 heterocycles. The van der Waals surface area contributed by atoms with Gasteiger partial charge in [0.2, 0.25) is 0 Å². The molecule has 0 amide bonds. The lowest BCUT2D eigenvalue weighted by molar-refractivity contribution is 0.187. The summed E-state index contributed by atoms with van der Waals surface area (Å²) in [7, 11) is 2.16. The summed E-state index contributed by atoms with van der Waals surface area (Å²) in [4.78, 5) is 21.5. The molecule has 9 nitrogen and oxygen atoms in total. The molecule has 37 heavy (non-hydrogen) atoms. The van der Waals surface area contributed by atoms with Gasteiger partial charge in [0, 0.05) is 60.8 Å². The van der Waals surface area contributed by atoms with Crippen molar-refractivity contribution in [1.29, 1.82) is 5.26 Å². The maximum absolute atomic E-state index is 9.25. The molecule has 1 aromatic carbocycles. The summed E-state index contributed by atoms with van der Waals surface area (Å²) >= 11 is 0. The lowest BCUT2D eigenvalue weighted by Gasteiger charge is -2.37. The Morgan fingerprint density at radius 2 is 2.05 bits per heavy atom. The standard InChI is InChI=1S/C28H34N8O/c1-34-12-4-6-22(34)19-37-28-32-25-18-35(26-16-30-15-20-5-2-3-7-23(20)26)13-9-24(25)27(33-28)36-14-11-31-21(17-36)8-10-29/h2-3,5,7,15-16,21-22,31H,4,6,8-9,11-14,17-19H2,1H3/t21?,22-/m0/s1.